The number of benzene rings is 2. The van der Waals surface area contributed by atoms with Crippen molar-refractivity contribution in [1.82, 2.24) is 20.2 Å². The number of anilines is 1. The van der Waals surface area contributed by atoms with E-state index in [-0.39, 0.29) is 29.6 Å². The van der Waals surface area contributed by atoms with Gasteiger partial charge in [0.25, 0.3) is 0 Å². The Labute approximate surface area is 149 Å². The van der Waals surface area contributed by atoms with Crippen molar-refractivity contribution in [2.75, 3.05) is 5.32 Å². The summed E-state index contributed by atoms with van der Waals surface area (Å²) in [5, 5.41) is 14.1. The molecule has 0 unspecified atom stereocenters. The summed E-state index contributed by atoms with van der Waals surface area (Å²) < 4.78 is 47.5. The Hall–Kier alpha value is -3.63. The van der Waals surface area contributed by atoms with Crippen LogP contribution in [0.2, 0.25) is 0 Å². The summed E-state index contributed by atoms with van der Waals surface area (Å²) in [5.74, 6) is -0.987. The first-order valence-corrected chi connectivity index (χ1v) is 7.61. The smallest absolute Gasteiger partial charge is 0.395 e. The first-order chi connectivity index (χ1) is 12.9. The van der Waals surface area contributed by atoms with Crippen LogP contribution in [0.1, 0.15) is 0 Å². The van der Waals surface area contributed by atoms with Gasteiger partial charge in [-0.3, -0.25) is 4.79 Å². The molecule has 1 aliphatic rings. The Morgan fingerprint density at radius 2 is 1.85 bits per heavy atom. The summed E-state index contributed by atoms with van der Waals surface area (Å²) in [7, 11) is 0. The molecule has 1 aromatic heterocycles. The lowest BCUT2D eigenvalue weighted by Gasteiger charge is -2.05. The number of tetrazole rings is 1. The number of fused-ring (bicyclic) bond motifs is 1. The SMILES string of the molecule is O=C(Cn1nnc(-c2ccc(F)cc2)n1)Nc1ccc2c(c1)OC(F)(F)O2. The molecule has 11 heteroatoms. The molecule has 0 aliphatic carbocycles. The number of hydrogen-bond acceptors (Lipinski definition) is 6. The molecule has 1 amide bonds. The Bertz CT molecular complexity index is 1010. The maximum absolute atomic E-state index is 13.0. The average Bonchev–Trinajstić information content (AvgIpc) is 3.17. The highest BCUT2D eigenvalue weighted by molar-refractivity contribution is 5.90. The average molecular weight is 377 g/mol. The van der Waals surface area contributed by atoms with Gasteiger partial charge in [0.05, 0.1) is 0 Å². The maximum atomic E-state index is 13.0. The van der Waals surface area contributed by atoms with Crippen molar-refractivity contribution in [3.63, 3.8) is 0 Å². The van der Waals surface area contributed by atoms with Crippen LogP contribution in [-0.4, -0.2) is 32.4 Å². The summed E-state index contributed by atoms with van der Waals surface area (Å²) in [6.07, 6.45) is -3.73. The van der Waals surface area contributed by atoms with Gasteiger partial charge in [0.15, 0.2) is 11.5 Å². The van der Waals surface area contributed by atoms with Crippen molar-refractivity contribution in [2.45, 2.75) is 12.8 Å². The highest BCUT2D eigenvalue weighted by atomic mass is 19.3. The minimum Gasteiger partial charge on any atom is -0.395 e. The van der Waals surface area contributed by atoms with Gasteiger partial charge in [-0.2, -0.15) is 4.80 Å². The quantitative estimate of drug-likeness (QED) is 0.751. The van der Waals surface area contributed by atoms with E-state index in [1.807, 2.05) is 0 Å². The highest BCUT2D eigenvalue weighted by Crippen LogP contribution is 2.42. The predicted molar refractivity (Wildman–Crippen MR) is 84.5 cm³/mol. The molecule has 1 N–H and O–H groups in total. The van der Waals surface area contributed by atoms with Crippen LogP contribution in [0, 0.1) is 5.82 Å². The molecular formula is C16H10F3N5O3. The van der Waals surface area contributed by atoms with Crippen LogP contribution < -0.4 is 14.8 Å². The van der Waals surface area contributed by atoms with E-state index in [0.717, 1.165) is 4.80 Å². The molecule has 0 atom stereocenters. The van der Waals surface area contributed by atoms with Crippen LogP contribution in [0.3, 0.4) is 0 Å². The number of halogens is 3. The molecule has 0 radical (unpaired) electrons. The third-order valence-corrected chi connectivity index (χ3v) is 3.53. The van der Waals surface area contributed by atoms with E-state index in [9.17, 15) is 18.0 Å². The van der Waals surface area contributed by atoms with E-state index in [1.54, 1.807) is 0 Å². The second-order valence-corrected chi connectivity index (χ2v) is 5.53. The summed E-state index contributed by atoms with van der Waals surface area (Å²) in [5.41, 5.74) is 0.777. The zero-order valence-corrected chi connectivity index (χ0v) is 13.4. The number of amides is 1. The summed E-state index contributed by atoms with van der Waals surface area (Å²) in [6.45, 7) is -0.265. The van der Waals surface area contributed by atoms with Gasteiger partial charge in [-0.15, -0.1) is 19.0 Å². The van der Waals surface area contributed by atoms with E-state index in [0.29, 0.717) is 5.56 Å². The van der Waals surface area contributed by atoms with Crippen LogP contribution in [0.5, 0.6) is 11.5 Å². The largest absolute Gasteiger partial charge is 0.586 e. The van der Waals surface area contributed by atoms with Crippen LogP contribution in [0.4, 0.5) is 18.9 Å². The van der Waals surface area contributed by atoms with E-state index in [4.69, 9.17) is 0 Å². The van der Waals surface area contributed by atoms with E-state index < -0.39 is 18.0 Å². The topological polar surface area (TPSA) is 91.2 Å². The van der Waals surface area contributed by atoms with Gasteiger partial charge in [0, 0.05) is 17.3 Å². The number of alkyl halides is 2. The summed E-state index contributed by atoms with van der Waals surface area (Å²) in [6, 6.07) is 9.34. The monoisotopic (exact) mass is 377 g/mol. The Balaban J connectivity index is 1.41. The molecule has 8 nitrogen and oxygen atoms in total. The minimum absolute atomic E-state index is 0.125. The third kappa shape index (κ3) is 3.66. The third-order valence-electron chi connectivity index (χ3n) is 3.53. The van der Waals surface area contributed by atoms with Crippen LogP contribution in [-0.2, 0) is 11.3 Å². The first kappa shape index (κ1) is 16.8. The van der Waals surface area contributed by atoms with Gasteiger partial charge in [-0.05, 0) is 41.6 Å². The fraction of sp³-hybridized carbons (Fsp3) is 0.125. The number of carbonyl (C=O) groups excluding carboxylic acids is 1. The Morgan fingerprint density at radius 3 is 2.63 bits per heavy atom. The van der Waals surface area contributed by atoms with Crippen molar-refractivity contribution in [3.8, 4) is 22.9 Å². The number of nitrogens with one attached hydrogen (secondary N) is 1. The van der Waals surface area contributed by atoms with Gasteiger partial charge in [0.1, 0.15) is 12.4 Å². The van der Waals surface area contributed by atoms with E-state index >= 15 is 0 Å². The molecule has 2 aromatic carbocycles. The van der Waals surface area contributed by atoms with Gasteiger partial charge >= 0.3 is 6.29 Å². The molecule has 0 fully saturated rings. The van der Waals surface area contributed by atoms with Crippen molar-refractivity contribution in [2.24, 2.45) is 0 Å². The number of hydrogen-bond donors (Lipinski definition) is 1. The van der Waals surface area contributed by atoms with Crippen molar-refractivity contribution in [1.29, 1.82) is 0 Å². The number of ether oxygens (including phenoxy) is 2. The van der Waals surface area contributed by atoms with Gasteiger partial charge < -0.3 is 14.8 Å². The number of nitrogens with zero attached hydrogens (tertiary/aromatic N) is 4. The fourth-order valence-electron chi connectivity index (χ4n) is 2.38. The molecule has 0 saturated carbocycles. The fourth-order valence-corrected chi connectivity index (χ4v) is 2.38. The first-order valence-electron chi connectivity index (χ1n) is 7.61. The molecule has 3 aromatic rings. The molecule has 0 saturated heterocycles. The zero-order valence-electron chi connectivity index (χ0n) is 13.4. The Kier molecular flexibility index (Phi) is 3.90. The second-order valence-electron chi connectivity index (χ2n) is 5.53. The lowest BCUT2D eigenvalue weighted by molar-refractivity contribution is -0.286. The van der Waals surface area contributed by atoms with Gasteiger partial charge in [-0.25, -0.2) is 4.39 Å². The van der Waals surface area contributed by atoms with Crippen LogP contribution >= 0.6 is 0 Å². The van der Waals surface area contributed by atoms with Crippen molar-refractivity contribution in [3.05, 3.63) is 48.3 Å². The van der Waals surface area contributed by atoms with Crippen LogP contribution in [0.25, 0.3) is 11.4 Å². The molecule has 2 heterocycles. The second kappa shape index (κ2) is 6.27. The number of rotatable bonds is 4. The van der Waals surface area contributed by atoms with Gasteiger partial charge in [-0.1, -0.05) is 0 Å². The number of aromatic nitrogens is 4. The molecular weight excluding hydrogens is 367 g/mol. The van der Waals surface area contributed by atoms with Crippen molar-refractivity contribution < 1.29 is 27.4 Å². The highest BCUT2D eigenvalue weighted by Gasteiger charge is 2.43. The predicted octanol–water partition coefficient (Wildman–Crippen LogP) is 2.44. The maximum Gasteiger partial charge on any atom is 0.586 e. The van der Waals surface area contributed by atoms with Crippen LogP contribution in [0.15, 0.2) is 42.5 Å². The standard InChI is InChI=1S/C16H10F3N5O3/c17-10-3-1-9(2-4-10)15-21-23-24(22-15)8-14(25)20-11-5-6-12-13(7-11)27-16(18,19)26-12/h1-7H,8H2,(H,20,25). The zero-order chi connectivity index (χ0) is 19.0. The minimum atomic E-state index is -3.73. The molecule has 0 spiro atoms. The lowest BCUT2D eigenvalue weighted by Crippen LogP contribution is -2.25. The summed E-state index contributed by atoms with van der Waals surface area (Å²) >= 11 is 0. The molecule has 138 valence electrons. The summed E-state index contributed by atoms with van der Waals surface area (Å²) in [4.78, 5) is 13.1. The van der Waals surface area contributed by atoms with Gasteiger partial charge in [0.2, 0.25) is 11.7 Å². The molecule has 0 bridgehead atoms. The van der Waals surface area contributed by atoms with E-state index in [1.165, 1.54) is 42.5 Å². The van der Waals surface area contributed by atoms with E-state index in [2.05, 4.69) is 30.2 Å². The molecule has 27 heavy (non-hydrogen) atoms. The van der Waals surface area contributed by atoms with Crippen molar-refractivity contribution >= 4 is 11.6 Å². The molecule has 1 aliphatic heterocycles. The molecule has 4 rings (SSSR count). The Morgan fingerprint density at radius 1 is 1.11 bits per heavy atom. The normalized spacial score (nSPS) is 14.2. The lowest BCUT2D eigenvalue weighted by atomic mass is 10.2. The number of carbonyl (C=O) groups is 1.